The molecule has 2 aromatic heterocycles. The van der Waals surface area contributed by atoms with Gasteiger partial charge in [-0.15, -0.1) is 0 Å². The second-order valence-electron chi connectivity index (χ2n) is 4.16. The third-order valence-corrected chi connectivity index (χ3v) is 3.18. The van der Waals surface area contributed by atoms with Crippen molar-refractivity contribution >= 4 is 5.52 Å². The van der Waals surface area contributed by atoms with Crippen LogP contribution in [0.15, 0.2) is 30.6 Å². The van der Waals surface area contributed by atoms with Crippen LogP contribution in [-0.4, -0.2) is 9.61 Å². The summed E-state index contributed by atoms with van der Waals surface area (Å²) < 4.78 is 1.88. The maximum absolute atomic E-state index is 5.64. The molecule has 0 radical (unpaired) electrons. The third-order valence-electron chi connectivity index (χ3n) is 3.18. The van der Waals surface area contributed by atoms with Gasteiger partial charge in [0, 0.05) is 11.8 Å². The summed E-state index contributed by atoms with van der Waals surface area (Å²) in [7, 11) is 0. The van der Waals surface area contributed by atoms with Gasteiger partial charge >= 0.3 is 0 Å². The van der Waals surface area contributed by atoms with Crippen LogP contribution in [0.5, 0.6) is 0 Å². The number of nitrogens with two attached hydrogens (primary N) is 1. The standard InChI is InChI=1S/C12H18N4/c1-3-9(2)12(15-13)10-8-14-16-7-5-4-6-11(10)16/h4-9,12,15H,3,13H2,1-2H3. The van der Waals surface area contributed by atoms with Crippen molar-refractivity contribution in [1.29, 1.82) is 0 Å². The first-order chi connectivity index (χ1) is 7.77. The number of nitrogens with one attached hydrogen (secondary N) is 1. The fraction of sp³-hybridized carbons (Fsp3) is 0.417. The summed E-state index contributed by atoms with van der Waals surface area (Å²) in [5.41, 5.74) is 5.17. The van der Waals surface area contributed by atoms with Crippen molar-refractivity contribution in [3.63, 3.8) is 0 Å². The van der Waals surface area contributed by atoms with E-state index < -0.39 is 0 Å². The summed E-state index contributed by atoms with van der Waals surface area (Å²) >= 11 is 0. The van der Waals surface area contributed by atoms with Crippen LogP contribution in [0.3, 0.4) is 0 Å². The van der Waals surface area contributed by atoms with Gasteiger partial charge in [-0.25, -0.2) is 4.52 Å². The van der Waals surface area contributed by atoms with Gasteiger partial charge in [0.05, 0.1) is 17.8 Å². The largest absolute Gasteiger partial charge is 0.271 e. The highest BCUT2D eigenvalue weighted by atomic mass is 15.3. The number of rotatable bonds is 4. The second kappa shape index (κ2) is 4.63. The van der Waals surface area contributed by atoms with Crippen LogP contribution in [0.4, 0.5) is 0 Å². The van der Waals surface area contributed by atoms with Crippen molar-refractivity contribution in [2.45, 2.75) is 26.3 Å². The lowest BCUT2D eigenvalue weighted by Gasteiger charge is -2.21. The Morgan fingerprint density at radius 2 is 2.31 bits per heavy atom. The number of hydrogen-bond donors (Lipinski definition) is 2. The lowest BCUT2D eigenvalue weighted by Crippen LogP contribution is -2.32. The molecule has 4 nitrogen and oxygen atoms in total. The first kappa shape index (κ1) is 11.1. The number of hydrogen-bond acceptors (Lipinski definition) is 3. The SMILES string of the molecule is CCC(C)C(NN)c1cnn2ccccc12. The number of hydrazine groups is 1. The van der Waals surface area contributed by atoms with Gasteiger partial charge in [-0.05, 0) is 18.1 Å². The van der Waals surface area contributed by atoms with Crippen molar-refractivity contribution < 1.29 is 0 Å². The predicted molar refractivity (Wildman–Crippen MR) is 64.7 cm³/mol. The first-order valence-electron chi connectivity index (χ1n) is 5.66. The Morgan fingerprint density at radius 1 is 1.50 bits per heavy atom. The first-order valence-corrected chi connectivity index (χ1v) is 5.66. The fourth-order valence-corrected chi connectivity index (χ4v) is 1.99. The highest BCUT2D eigenvalue weighted by Crippen LogP contribution is 2.26. The van der Waals surface area contributed by atoms with Crippen molar-refractivity contribution in [2.24, 2.45) is 11.8 Å². The van der Waals surface area contributed by atoms with Gasteiger partial charge in [0.25, 0.3) is 0 Å². The molecule has 86 valence electrons. The molecule has 0 saturated carbocycles. The summed E-state index contributed by atoms with van der Waals surface area (Å²) in [5.74, 6) is 6.13. The quantitative estimate of drug-likeness (QED) is 0.608. The van der Waals surface area contributed by atoms with E-state index in [1.807, 2.05) is 29.0 Å². The summed E-state index contributed by atoms with van der Waals surface area (Å²) in [5, 5.41) is 4.33. The third kappa shape index (κ3) is 1.81. The van der Waals surface area contributed by atoms with Gasteiger partial charge < -0.3 is 0 Å². The van der Waals surface area contributed by atoms with Crippen LogP contribution in [-0.2, 0) is 0 Å². The highest BCUT2D eigenvalue weighted by Gasteiger charge is 2.19. The number of fused-ring (bicyclic) bond motifs is 1. The maximum atomic E-state index is 5.64. The van der Waals surface area contributed by atoms with E-state index in [1.54, 1.807) is 0 Å². The molecule has 0 amide bonds. The van der Waals surface area contributed by atoms with Crippen molar-refractivity contribution in [2.75, 3.05) is 0 Å². The van der Waals surface area contributed by atoms with Gasteiger partial charge in [-0.2, -0.15) is 5.10 Å². The Bertz CT molecular complexity index is 463. The lowest BCUT2D eigenvalue weighted by molar-refractivity contribution is 0.385. The van der Waals surface area contributed by atoms with Crippen LogP contribution in [0.2, 0.25) is 0 Å². The Labute approximate surface area is 95.4 Å². The minimum atomic E-state index is 0.157. The van der Waals surface area contributed by atoms with E-state index in [2.05, 4.69) is 30.4 Å². The van der Waals surface area contributed by atoms with E-state index in [0.717, 1.165) is 17.5 Å². The molecule has 2 rings (SSSR count). The molecule has 0 spiro atoms. The molecule has 2 unspecified atom stereocenters. The Morgan fingerprint density at radius 3 is 3.00 bits per heavy atom. The second-order valence-corrected chi connectivity index (χ2v) is 4.16. The molecule has 0 aliphatic rings. The van der Waals surface area contributed by atoms with E-state index in [1.165, 1.54) is 0 Å². The van der Waals surface area contributed by atoms with E-state index in [4.69, 9.17) is 5.84 Å². The summed E-state index contributed by atoms with van der Waals surface area (Å²) in [6, 6.07) is 6.21. The molecule has 0 aliphatic heterocycles. The van der Waals surface area contributed by atoms with Crippen LogP contribution in [0.1, 0.15) is 31.9 Å². The van der Waals surface area contributed by atoms with Gasteiger partial charge in [0.1, 0.15) is 0 Å². The molecule has 2 heterocycles. The van der Waals surface area contributed by atoms with Crippen LogP contribution < -0.4 is 11.3 Å². The molecular weight excluding hydrogens is 200 g/mol. The van der Waals surface area contributed by atoms with Crippen molar-refractivity contribution in [3.8, 4) is 0 Å². The molecule has 0 aliphatic carbocycles. The van der Waals surface area contributed by atoms with Gasteiger partial charge in [-0.1, -0.05) is 26.3 Å². The molecule has 16 heavy (non-hydrogen) atoms. The average Bonchev–Trinajstić information content (AvgIpc) is 2.74. The smallest absolute Gasteiger partial charge is 0.0710 e. The molecule has 4 heteroatoms. The van der Waals surface area contributed by atoms with Crippen LogP contribution >= 0.6 is 0 Å². The normalized spacial score (nSPS) is 15.2. The Balaban J connectivity index is 2.45. The maximum Gasteiger partial charge on any atom is 0.0710 e. The van der Waals surface area contributed by atoms with E-state index in [0.29, 0.717) is 5.92 Å². The summed E-state index contributed by atoms with van der Waals surface area (Å²) in [6.07, 6.45) is 4.92. The molecule has 0 saturated heterocycles. The molecule has 2 aromatic rings. The van der Waals surface area contributed by atoms with Crippen molar-refractivity contribution in [3.05, 3.63) is 36.2 Å². The monoisotopic (exact) mass is 218 g/mol. The van der Waals surface area contributed by atoms with Crippen LogP contribution in [0, 0.1) is 5.92 Å². The highest BCUT2D eigenvalue weighted by molar-refractivity contribution is 5.54. The molecule has 3 N–H and O–H groups in total. The number of aromatic nitrogens is 2. The topological polar surface area (TPSA) is 55.3 Å². The zero-order chi connectivity index (χ0) is 11.5. The minimum Gasteiger partial charge on any atom is -0.271 e. The molecule has 0 fully saturated rings. The fourth-order valence-electron chi connectivity index (χ4n) is 1.99. The zero-order valence-corrected chi connectivity index (χ0v) is 9.72. The molecule has 0 bridgehead atoms. The Hall–Kier alpha value is -1.39. The molecule has 2 atom stereocenters. The summed E-state index contributed by atoms with van der Waals surface area (Å²) in [4.78, 5) is 0. The predicted octanol–water partition coefficient (Wildman–Crippen LogP) is 1.88. The molecular formula is C12H18N4. The van der Waals surface area contributed by atoms with Gasteiger partial charge in [0.2, 0.25) is 0 Å². The Kier molecular flexibility index (Phi) is 3.22. The molecule has 0 aromatic carbocycles. The van der Waals surface area contributed by atoms with E-state index in [-0.39, 0.29) is 6.04 Å². The van der Waals surface area contributed by atoms with Crippen LogP contribution in [0.25, 0.3) is 5.52 Å². The minimum absolute atomic E-state index is 0.157. The number of nitrogens with zero attached hydrogens (tertiary/aromatic N) is 2. The van der Waals surface area contributed by atoms with E-state index >= 15 is 0 Å². The summed E-state index contributed by atoms with van der Waals surface area (Å²) in [6.45, 7) is 4.36. The van der Waals surface area contributed by atoms with E-state index in [9.17, 15) is 0 Å². The van der Waals surface area contributed by atoms with Gasteiger partial charge in [0.15, 0.2) is 0 Å². The average molecular weight is 218 g/mol. The lowest BCUT2D eigenvalue weighted by atomic mass is 9.94. The zero-order valence-electron chi connectivity index (χ0n) is 9.72. The number of pyridine rings is 1. The van der Waals surface area contributed by atoms with Gasteiger partial charge in [-0.3, -0.25) is 11.3 Å². The van der Waals surface area contributed by atoms with Crippen molar-refractivity contribution in [1.82, 2.24) is 15.0 Å².